The van der Waals surface area contributed by atoms with Gasteiger partial charge in [0.05, 0.1) is 0 Å². The van der Waals surface area contributed by atoms with E-state index in [0.717, 1.165) is 18.4 Å². The highest BCUT2D eigenvalue weighted by Crippen LogP contribution is 2.30. The summed E-state index contributed by atoms with van der Waals surface area (Å²) in [5, 5.41) is 0. The lowest BCUT2D eigenvalue weighted by Gasteiger charge is -2.29. The molecule has 0 aromatic rings. The molecule has 0 atom stereocenters. The second-order valence-electron chi connectivity index (χ2n) is 4.73. The topological polar surface area (TPSA) is 29.3 Å². The fourth-order valence-electron chi connectivity index (χ4n) is 2.45. The van der Waals surface area contributed by atoms with Gasteiger partial charge in [-0.25, -0.2) is 0 Å². The highest BCUT2D eigenvalue weighted by Gasteiger charge is 2.20. The van der Waals surface area contributed by atoms with Gasteiger partial charge in [-0.3, -0.25) is 0 Å². The Morgan fingerprint density at radius 1 is 1.08 bits per heavy atom. The number of rotatable bonds is 4. The van der Waals surface area contributed by atoms with E-state index < -0.39 is 0 Å². The predicted molar refractivity (Wildman–Crippen MR) is 57.7 cm³/mol. The average molecular weight is 184 g/mol. The van der Waals surface area contributed by atoms with E-state index in [4.69, 9.17) is 5.73 Å². The third-order valence-corrected chi connectivity index (χ3v) is 3.16. The Hall–Kier alpha value is -0.0800. The summed E-state index contributed by atoms with van der Waals surface area (Å²) in [6, 6.07) is 0. The largest absolute Gasteiger partial charge is 0.330 e. The first-order valence-electron chi connectivity index (χ1n) is 5.57. The van der Waals surface area contributed by atoms with Gasteiger partial charge in [0.15, 0.2) is 0 Å². The molecule has 0 aliphatic heterocycles. The first-order chi connectivity index (χ1) is 6.22. The van der Waals surface area contributed by atoms with Crippen LogP contribution in [0.5, 0.6) is 0 Å². The molecular formula is C11H24N2. The van der Waals surface area contributed by atoms with Crippen LogP contribution in [0.2, 0.25) is 0 Å². The monoisotopic (exact) mass is 184 g/mol. The Labute approximate surface area is 82.5 Å². The maximum atomic E-state index is 5.57. The van der Waals surface area contributed by atoms with Crippen LogP contribution in [0.3, 0.4) is 0 Å². The second-order valence-corrected chi connectivity index (χ2v) is 4.73. The Morgan fingerprint density at radius 2 is 1.62 bits per heavy atom. The molecule has 1 rings (SSSR count). The quantitative estimate of drug-likeness (QED) is 0.720. The summed E-state index contributed by atoms with van der Waals surface area (Å²) in [7, 11) is 4.35. The van der Waals surface area contributed by atoms with Crippen LogP contribution in [0.25, 0.3) is 0 Å². The van der Waals surface area contributed by atoms with Crippen molar-refractivity contribution >= 4 is 0 Å². The normalized spacial score (nSPS) is 29.5. The number of hydrogen-bond donors (Lipinski definition) is 1. The van der Waals surface area contributed by atoms with Crippen LogP contribution in [-0.4, -0.2) is 32.1 Å². The lowest BCUT2D eigenvalue weighted by Crippen LogP contribution is -2.26. The van der Waals surface area contributed by atoms with Gasteiger partial charge < -0.3 is 10.6 Å². The van der Waals surface area contributed by atoms with Crippen LogP contribution < -0.4 is 5.73 Å². The summed E-state index contributed by atoms with van der Waals surface area (Å²) >= 11 is 0. The van der Waals surface area contributed by atoms with Gasteiger partial charge in [0, 0.05) is 6.54 Å². The van der Waals surface area contributed by atoms with Crippen LogP contribution in [0, 0.1) is 11.8 Å². The average Bonchev–Trinajstić information content (AvgIpc) is 2.08. The second kappa shape index (κ2) is 5.61. The molecule has 0 heterocycles. The molecule has 78 valence electrons. The number of nitrogens with zero attached hydrogens (tertiary/aromatic N) is 1. The van der Waals surface area contributed by atoms with E-state index >= 15 is 0 Å². The van der Waals surface area contributed by atoms with Gasteiger partial charge in [0.2, 0.25) is 0 Å². The number of nitrogens with two attached hydrogens (primary N) is 1. The molecule has 0 amide bonds. The van der Waals surface area contributed by atoms with Crippen molar-refractivity contribution in [1.82, 2.24) is 4.90 Å². The zero-order chi connectivity index (χ0) is 9.68. The number of hydrogen-bond acceptors (Lipinski definition) is 2. The summed E-state index contributed by atoms with van der Waals surface area (Å²) in [5.74, 6) is 1.88. The van der Waals surface area contributed by atoms with Crippen molar-refractivity contribution < 1.29 is 0 Å². The summed E-state index contributed by atoms with van der Waals surface area (Å²) in [5.41, 5.74) is 5.57. The highest BCUT2D eigenvalue weighted by atomic mass is 15.1. The maximum absolute atomic E-state index is 5.57. The molecule has 1 fully saturated rings. The van der Waals surface area contributed by atoms with Gasteiger partial charge in [0.25, 0.3) is 0 Å². The Balaban J connectivity index is 2.15. The SMILES string of the molecule is CN(C)CC1CCC(CCN)CC1. The molecule has 0 bridgehead atoms. The third kappa shape index (κ3) is 4.10. The minimum absolute atomic E-state index is 0.878. The zero-order valence-corrected chi connectivity index (χ0v) is 9.13. The van der Waals surface area contributed by atoms with Gasteiger partial charge in [0.1, 0.15) is 0 Å². The van der Waals surface area contributed by atoms with Crippen molar-refractivity contribution in [3.63, 3.8) is 0 Å². The zero-order valence-electron chi connectivity index (χ0n) is 9.13. The van der Waals surface area contributed by atoms with Gasteiger partial charge in [-0.15, -0.1) is 0 Å². The molecule has 2 N–H and O–H groups in total. The first-order valence-corrected chi connectivity index (χ1v) is 5.57. The van der Waals surface area contributed by atoms with E-state index in [9.17, 15) is 0 Å². The minimum atomic E-state index is 0.878. The van der Waals surface area contributed by atoms with Crippen molar-refractivity contribution in [3.05, 3.63) is 0 Å². The molecule has 0 aromatic carbocycles. The molecule has 2 heteroatoms. The molecule has 1 aliphatic rings. The fraction of sp³-hybridized carbons (Fsp3) is 1.00. The summed E-state index contributed by atoms with van der Waals surface area (Å²) in [4.78, 5) is 2.31. The van der Waals surface area contributed by atoms with E-state index in [1.54, 1.807) is 0 Å². The lowest BCUT2D eigenvalue weighted by molar-refractivity contribution is 0.218. The molecule has 13 heavy (non-hydrogen) atoms. The van der Waals surface area contributed by atoms with E-state index in [1.165, 1.54) is 38.6 Å². The summed E-state index contributed by atoms with van der Waals surface area (Å²) in [6.45, 7) is 2.15. The van der Waals surface area contributed by atoms with Crippen LogP contribution in [-0.2, 0) is 0 Å². The van der Waals surface area contributed by atoms with Crippen LogP contribution >= 0.6 is 0 Å². The van der Waals surface area contributed by atoms with E-state index in [-0.39, 0.29) is 0 Å². The fourth-order valence-corrected chi connectivity index (χ4v) is 2.45. The van der Waals surface area contributed by atoms with Crippen molar-refractivity contribution in [2.24, 2.45) is 17.6 Å². The molecular weight excluding hydrogens is 160 g/mol. The lowest BCUT2D eigenvalue weighted by atomic mass is 9.80. The van der Waals surface area contributed by atoms with Gasteiger partial charge in [-0.1, -0.05) is 12.8 Å². The Kier molecular flexibility index (Phi) is 4.74. The summed E-state index contributed by atoms with van der Waals surface area (Å²) < 4.78 is 0. The van der Waals surface area contributed by atoms with Crippen LogP contribution in [0.4, 0.5) is 0 Å². The molecule has 2 nitrogen and oxygen atoms in total. The molecule has 1 saturated carbocycles. The van der Waals surface area contributed by atoms with Gasteiger partial charge >= 0.3 is 0 Å². The molecule has 0 saturated heterocycles. The molecule has 0 aromatic heterocycles. The van der Waals surface area contributed by atoms with E-state index in [2.05, 4.69) is 19.0 Å². The van der Waals surface area contributed by atoms with Crippen molar-refractivity contribution in [3.8, 4) is 0 Å². The summed E-state index contributed by atoms with van der Waals surface area (Å²) in [6.07, 6.45) is 6.91. The van der Waals surface area contributed by atoms with Crippen LogP contribution in [0.15, 0.2) is 0 Å². The molecule has 0 radical (unpaired) electrons. The molecule has 0 spiro atoms. The molecule has 1 aliphatic carbocycles. The van der Waals surface area contributed by atoms with E-state index in [1.807, 2.05) is 0 Å². The molecule has 0 unspecified atom stereocenters. The van der Waals surface area contributed by atoms with Crippen molar-refractivity contribution in [1.29, 1.82) is 0 Å². The smallest absolute Gasteiger partial charge is 0.000356 e. The van der Waals surface area contributed by atoms with E-state index in [0.29, 0.717) is 0 Å². The third-order valence-electron chi connectivity index (χ3n) is 3.16. The van der Waals surface area contributed by atoms with Crippen molar-refractivity contribution in [2.75, 3.05) is 27.2 Å². The maximum Gasteiger partial charge on any atom is 0.000356 e. The Morgan fingerprint density at radius 3 is 2.08 bits per heavy atom. The van der Waals surface area contributed by atoms with Crippen LogP contribution in [0.1, 0.15) is 32.1 Å². The first kappa shape index (κ1) is 11.0. The predicted octanol–water partition coefficient (Wildman–Crippen LogP) is 1.70. The Bertz CT molecular complexity index is 126. The highest BCUT2D eigenvalue weighted by molar-refractivity contribution is 4.74. The minimum Gasteiger partial charge on any atom is -0.330 e. The van der Waals surface area contributed by atoms with Crippen molar-refractivity contribution in [2.45, 2.75) is 32.1 Å². The van der Waals surface area contributed by atoms with Gasteiger partial charge in [-0.05, 0) is 51.7 Å². The van der Waals surface area contributed by atoms with Gasteiger partial charge in [-0.2, -0.15) is 0 Å². The standard InChI is InChI=1S/C11H24N2/c1-13(2)9-11-5-3-10(4-6-11)7-8-12/h10-11H,3-9,12H2,1-2H3.